The fraction of sp³-hybridized carbons (Fsp3) is 0.0769. The van der Waals surface area contributed by atoms with Gasteiger partial charge in [0.15, 0.2) is 23.0 Å². The summed E-state index contributed by atoms with van der Waals surface area (Å²) in [7, 11) is 0. The minimum absolute atomic E-state index is 0.345. The first-order valence-electron chi connectivity index (χ1n) is 5.16. The number of aromatic nitrogens is 1. The average Bonchev–Trinajstić information content (AvgIpc) is 2.38. The Morgan fingerprint density at radius 1 is 1.28 bits per heavy atom. The first kappa shape index (κ1) is 13.7. The van der Waals surface area contributed by atoms with E-state index in [1.54, 1.807) is 35.1 Å². The summed E-state index contributed by atoms with van der Waals surface area (Å²) in [6.45, 7) is 1.99. The van der Waals surface area contributed by atoms with Gasteiger partial charge < -0.3 is 3.07 Å². The lowest BCUT2D eigenvalue weighted by molar-refractivity contribution is 0.0800. The molecule has 0 aliphatic carbocycles. The van der Waals surface area contributed by atoms with Crippen LogP contribution in [-0.4, -0.2) is 11.0 Å². The predicted molar refractivity (Wildman–Crippen MR) is 86.6 cm³/mol. The van der Waals surface area contributed by atoms with Crippen LogP contribution in [0, 0.1) is 10.5 Å². The van der Waals surface area contributed by atoms with Gasteiger partial charge in [0.25, 0.3) is 0 Å². The smallest absolute Gasteiger partial charge is 0.347 e. The summed E-state index contributed by atoms with van der Waals surface area (Å²) in [5.74, 6) is -0.345. The number of aryl methyl sites for hydroxylation is 1. The second kappa shape index (κ2) is 5.96. The molecule has 0 saturated carbocycles. The number of nitrogens with zero attached hydrogens (tertiary/aromatic N) is 1. The van der Waals surface area contributed by atoms with Crippen LogP contribution in [0.3, 0.4) is 0 Å². The van der Waals surface area contributed by atoms with Gasteiger partial charge in [0, 0.05) is 15.3 Å². The van der Waals surface area contributed by atoms with Crippen molar-refractivity contribution < 1.29 is 7.86 Å². The maximum Gasteiger partial charge on any atom is 0.347 e. The van der Waals surface area contributed by atoms with Crippen molar-refractivity contribution in [2.45, 2.75) is 6.92 Å². The lowest BCUT2D eigenvalue weighted by Gasteiger charge is -2.05. The molecule has 0 atom stereocenters. The third-order valence-electron chi connectivity index (χ3n) is 2.41. The molecule has 0 spiro atoms. The van der Waals surface area contributed by atoms with Crippen molar-refractivity contribution >= 4 is 51.6 Å². The highest BCUT2D eigenvalue weighted by molar-refractivity contribution is 14.1. The Bertz CT molecular complexity index is 582. The van der Waals surface area contributed by atoms with E-state index in [1.807, 2.05) is 31.3 Å². The number of hydrogen-bond acceptors (Lipinski definition) is 3. The normalized spacial score (nSPS) is 10.2. The van der Waals surface area contributed by atoms with Gasteiger partial charge in [0.2, 0.25) is 0 Å². The van der Waals surface area contributed by atoms with Gasteiger partial charge in [-0.15, -0.1) is 0 Å². The van der Waals surface area contributed by atoms with Crippen molar-refractivity contribution in [3.8, 4) is 11.3 Å². The van der Waals surface area contributed by atoms with Crippen LogP contribution < -0.4 is 0 Å². The zero-order chi connectivity index (χ0) is 13.1. The van der Waals surface area contributed by atoms with Crippen molar-refractivity contribution in [1.29, 1.82) is 0 Å². The Morgan fingerprint density at radius 3 is 2.67 bits per heavy atom. The summed E-state index contributed by atoms with van der Waals surface area (Å²) in [6, 6.07) is 9.51. The number of carbonyl (C=O) groups excluding carboxylic acids is 1. The van der Waals surface area contributed by atoms with Crippen molar-refractivity contribution in [1.82, 2.24) is 4.98 Å². The molecule has 18 heavy (non-hydrogen) atoms. The standard InChI is InChI=1S/C13H9I2NO2/c1-8-2-3-12(16-7-8)9-4-10(13(17)18-15)6-11(14)5-9/h2-7H,1H3. The first-order chi connectivity index (χ1) is 8.60. The highest BCUT2D eigenvalue weighted by Gasteiger charge is 2.10. The quantitative estimate of drug-likeness (QED) is 0.626. The maximum atomic E-state index is 11.5. The lowest BCUT2D eigenvalue weighted by atomic mass is 10.1. The van der Waals surface area contributed by atoms with Crippen molar-refractivity contribution in [3.05, 3.63) is 51.2 Å². The van der Waals surface area contributed by atoms with Gasteiger partial charge in [0.05, 0.1) is 11.3 Å². The van der Waals surface area contributed by atoms with Gasteiger partial charge in [-0.3, -0.25) is 4.98 Å². The molecule has 0 aliphatic heterocycles. The van der Waals surface area contributed by atoms with E-state index in [0.29, 0.717) is 5.56 Å². The van der Waals surface area contributed by atoms with E-state index in [1.165, 1.54) is 0 Å². The largest absolute Gasteiger partial charge is 0.391 e. The van der Waals surface area contributed by atoms with Gasteiger partial charge >= 0.3 is 5.97 Å². The molecule has 0 amide bonds. The van der Waals surface area contributed by atoms with Crippen LogP contribution in [-0.2, 0) is 3.07 Å². The molecule has 0 N–H and O–H groups in total. The number of benzene rings is 1. The third-order valence-corrected chi connectivity index (χ3v) is 3.43. The molecule has 2 rings (SSSR count). The Labute approximate surface area is 133 Å². The summed E-state index contributed by atoms with van der Waals surface area (Å²) < 4.78 is 5.68. The van der Waals surface area contributed by atoms with Crippen LogP contribution in [0.2, 0.25) is 0 Å². The molecule has 0 aliphatic rings. The molecule has 0 unspecified atom stereocenters. The SMILES string of the molecule is Cc1ccc(-c2cc(I)cc(C(=O)OI)c2)nc1. The van der Waals surface area contributed by atoms with Crippen molar-refractivity contribution in [2.24, 2.45) is 0 Å². The monoisotopic (exact) mass is 465 g/mol. The molecule has 2 aromatic rings. The molecule has 92 valence electrons. The Kier molecular flexibility index (Phi) is 4.55. The zero-order valence-corrected chi connectivity index (χ0v) is 13.8. The van der Waals surface area contributed by atoms with Crippen molar-refractivity contribution in [2.75, 3.05) is 0 Å². The van der Waals surface area contributed by atoms with Gasteiger partial charge in [-0.2, -0.15) is 0 Å². The molecular weight excluding hydrogens is 456 g/mol. The fourth-order valence-corrected chi connectivity index (χ4v) is 2.46. The number of rotatable bonds is 2. The molecule has 1 aromatic heterocycles. The van der Waals surface area contributed by atoms with Gasteiger partial charge in [-0.1, -0.05) is 6.07 Å². The van der Waals surface area contributed by atoms with Crippen LogP contribution in [0.4, 0.5) is 0 Å². The number of pyridine rings is 1. The molecule has 1 aromatic carbocycles. The van der Waals surface area contributed by atoms with E-state index in [0.717, 1.165) is 20.4 Å². The summed E-state index contributed by atoms with van der Waals surface area (Å²) in [6.07, 6.45) is 1.81. The van der Waals surface area contributed by atoms with Crippen LogP contribution in [0.1, 0.15) is 15.9 Å². The Balaban J connectivity index is 2.48. The molecular formula is C13H9I2NO2. The molecule has 3 nitrogen and oxygen atoms in total. The van der Waals surface area contributed by atoms with Crippen LogP contribution in [0.15, 0.2) is 36.5 Å². The van der Waals surface area contributed by atoms with Crippen LogP contribution in [0.5, 0.6) is 0 Å². The highest BCUT2D eigenvalue weighted by Crippen LogP contribution is 2.22. The van der Waals surface area contributed by atoms with E-state index in [4.69, 9.17) is 3.07 Å². The van der Waals surface area contributed by atoms with Crippen LogP contribution in [0.25, 0.3) is 11.3 Å². The fourth-order valence-electron chi connectivity index (χ4n) is 1.54. The minimum atomic E-state index is -0.345. The Morgan fingerprint density at radius 2 is 2.06 bits per heavy atom. The third kappa shape index (κ3) is 3.19. The second-order valence-electron chi connectivity index (χ2n) is 3.81. The average molecular weight is 465 g/mol. The maximum absolute atomic E-state index is 11.5. The van der Waals surface area contributed by atoms with Gasteiger partial charge in [-0.25, -0.2) is 4.79 Å². The van der Waals surface area contributed by atoms with Gasteiger partial charge in [-0.05, 0) is 59.3 Å². The topological polar surface area (TPSA) is 39.2 Å². The zero-order valence-electron chi connectivity index (χ0n) is 9.48. The molecule has 5 heteroatoms. The minimum Gasteiger partial charge on any atom is -0.391 e. The number of carbonyl (C=O) groups is 1. The molecule has 0 bridgehead atoms. The summed E-state index contributed by atoms with van der Waals surface area (Å²) >= 11 is 3.77. The second-order valence-corrected chi connectivity index (χ2v) is 5.50. The predicted octanol–water partition coefficient (Wildman–Crippen LogP) is 4.17. The molecule has 1 heterocycles. The van der Waals surface area contributed by atoms with E-state index in [2.05, 4.69) is 27.6 Å². The molecule has 0 fully saturated rings. The highest BCUT2D eigenvalue weighted by atomic mass is 127. The molecule has 0 radical (unpaired) electrons. The molecule has 0 saturated heterocycles. The van der Waals surface area contributed by atoms with E-state index in [9.17, 15) is 4.79 Å². The van der Waals surface area contributed by atoms with E-state index in [-0.39, 0.29) is 5.97 Å². The Hall–Kier alpha value is -0.700. The van der Waals surface area contributed by atoms with Gasteiger partial charge in [0.1, 0.15) is 0 Å². The van der Waals surface area contributed by atoms with Crippen molar-refractivity contribution in [3.63, 3.8) is 0 Å². The summed E-state index contributed by atoms with van der Waals surface area (Å²) in [4.78, 5) is 15.9. The number of hydrogen-bond donors (Lipinski definition) is 0. The summed E-state index contributed by atoms with van der Waals surface area (Å²) in [5.41, 5.74) is 3.41. The van der Waals surface area contributed by atoms with E-state index < -0.39 is 0 Å². The number of halogens is 2. The summed E-state index contributed by atoms with van der Waals surface area (Å²) in [5, 5.41) is 0. The first-order valence-corrected chi connectivity index (χ1v) is 7.12. The lowest BCUT2D eigenvalue weighted by Crippen LogP contribution is -1.99. The van der Waals surface area contributed by atoms with E-state index >= 15 is 0 Å². The van der Waals surface area contributed by atoms with Crippen LogP contribution >= 0.6 is 45.6 Å².